The average molecular weight is 250 g/mol. The molecule has 0 spiro atoms. The molecule has 100 valence electrons. The second-order valence-corrected chi connectivity index (χ2v) is 4.63. The Labute approximate surface area is 109 Å². The molecular formula is C14H22N2O2. The van der Waals surface area contributed by atoms with Gasteiger partial charge < -0.3 is 15.0 Å². The van der Waals surface area contributed by atoms with Crippen LogP contribution < -0.4 is 10.1 Å². The highest BCUT2D eigenvalue weighted by atomic mass is 16.5. The molecular weight excluding hydrogens is 228 g/mol. The predicted molar refractivity (Wildman–Crippen MR) is 72.8 cm³/mol. The fraction of sp³-hybridized carbons (Fsp3) is 0.500. The lowest BCUT2D eigenvalue weighted by Crippen LogP contribution is -2.28. The number of benzene rings is 1. The molecule has 0 aliphatic heterocycles. The first-order chi connectivity index (χ1) is 8.45. The second-order valence-electron chi connectivity index (χ2n) is 4.63. The number of amides is 1. The molecule has 18 heavy (non-hydrogen) atoms. The molecule has 0 bridgehead atoms. The van der Waals surface area contributed by atoms with Gasteiger partial charge in [-0.1, -0.05) is 17.7 Å². The highest BCUT2D eigenvalue weighted by Crippen LogP contribution is 2.26. The van der Waals surface area contributed by atoms with Gasteiger partial charge in [-0.3, -0.25) is 4.79 Å². The average Bonchev–Trinajstić information content (AvgIpc) is 2.35. The van der Waals surface area contributed by atoms with Crippen LogP contribution in [0.15, 0.2) is 18.2 Å². The number of carbonyl (C=O) groups excluding carboxylic acids is 1. The van der Waals surface area contributed by atoms with Crippen molar-refractivity contribution in [3.63, 3.8) is 0 Å². The number of nitrogens with zero attached hydrogens (tertiary/aromatic N) is 1. The van der Waals surface area contributed by atoms with E-state index in [4.69, 9.17) is 4.74 Å². The Bertz CT molecular complexity index is 416. The molecule has 1 rings (SSSR count). The monoisotopic (exact) mass is 250 g/mol. The minimum Gasteiger partial charge on any atom is -0.483 e. The van der Waals surface area contributed by atoms with Crippen molar-refractivity contribution in [2.24, 2.45) is 0 Å². The molecule has 0 radical (unpaired) electrons. The quantitative estimate of drug-likeness (QED) is 0.865. The Morgan fingerprint density at radius 1 is 1.44 bits per heavy atom. The van der Waals surface area contributed by atoms with Gasteiger partial charge in [0.25, 0.3) is 5.91 Å². The minimum atomic E-state index is -0.0429. The Morgan fingerprint density at radius 2 is 2.11 bits per heavy atom. The van der Waals surface area contributed by atoms with Gasteiger partial charge in [0.2, 0.25) is 0 Å². The van der Waals surface area contributed by atoms with E-state index in [0.717, 1.165) is 11.3 Å². The summed E-state index contributed by atoms with van der Waals surface area (Å²) in [6.45, 7) is 4.18. The van der Waals surface area contributed by atoms with Gasteiger partial charge in [0, 0.05) is 25.7 Å². The van der Waals surface area contributed by atoms with Gasteiger partial charge in [-0.25, -0.2) is 0 Å². The molecule has 1 unspecified atom stereocenters. The third-order valence-electron chi connectivity index (χ3n) is 2.91. The molecule has 4 nitrogen and oxygen atoms in total. The van der Waals surface area contributed by atoms with Gasteiger partial charge in [-0.05, 0) is 27.0 Å². The Morgan fingerprint density at radius 3 is 2.67 bits per heavy atom. The Balaban J connectivity index is 2.84. The zero-order valence-electron chi connectivity index (χ0n) is 11.8. The fourth-order valence-corrected chi connectivity index (χ4v) is 1.56. The van der Waals surface area contributed by atoms with Crippen molar-refractivity contribution in [1.29, 1.82) is 0 Å². The van der Waals surface area contributed by atoms with Crippen LogP contribution in [-0.2, 0) is 4.79 Å². The maximum atomic E-state index is 11.5. The van der Waals surface area contributed by atoms with Crippen LogP contribution in [0.25, 0.3) is 0 Å². The molecule has 0 saturated heterocycles. The van der Waals surface area contributed by atoms with Gasteiger partial charge in [0.05, 0.1) is 0 Å². The Hall–Kier alpha value is -1.55. The smallest absolute Gasteiger partial charge is 0.259 e. The summed E-state index contributed by atoms with van der Waals surface area (Å²) in [5.74, 6) is 0.719. The minimum absolute atomic E-state index is 0.0429. The summed E-state index contributed by atoms with van der Waals surface area (Å²) in [5.41, 5.74) is 2.25. The highest BCUT2D eigenvalue weighted by Gasteiger charge is 2.12. The number of carbonyl (C=O) groups is 1. The number of nitrogens with one attached hydrogen (secondary N) is 1. The van der Waals surface area contributed by atoms with Gasteiger partial charge in [-0.15, -0.1) is 0 Å². The third-order valence-corrected chi connectivity index (χ3v) is 2.91. The van der Waals surface area contributed by atoms with Crippen LogP contribution in [0.1, 0.15) is 24.1 Å². The SMILES string of the molecule is CNC(C)c1cc(C)ccc1OCC(=O)N(C)C. The van der Waals surface area contributed by atoms with Crippen molar-refractivity contribution < 1.29 is 9.53 Å². The second kappa shape index (κ2) is 6.40. The molecule has 0 aromatic heterocycles. The zero-order chi connectivity index (χ0) is 13.7. The van der Waals surface area contributed by atoms with Crippen LogP contribution in [0.4, 0.5) is 0 Å². The lowest BCUT2D eigenvalue weighted by Gasteiger charge is -2.18. The maximum absolute atomic E-state index is 11.5. The van der Waals surface area contributed by atoms with Crippen molar-refractivity contribution in [2.75, 3.05) is 27.7 Å². The summed E-state index contributed by atoms with van der Waals surface area (Å²) in [4.78, 5) is 13.0. The lowest BCUT2D eigenvalue weighted by molar-refractivity contribution is -0.130. The molecule has 1 amide bonds. The summed E-state index contributed by atoms with van der Waals surface area (Å²) in [6, 6.07) is 6.17. The van der Waals surface area contributed by atoms with Crippen LogP contribution in [0.2, 0.25) is 0 Å². The summed E-state index contributed by atoms with van der Waals surface area (Å²) >= 11 is 0. The highest BCUT2D eigenvalue weighted by molar-refractivity contribution is 5.77. The van der Waals surface area contributed by atoms with Crippen LogP contribution in [-0.4, -0.2) is 38.6 Å². The molecule has 0 aliphatic carbocycles. The number of hydrogen-bond donors (Lipinski definition) is 1. The van der Waals surface area contributed by atoms with E-state index >= 15 is 0 Å². The fourth-order valence-electron chi connectivity index (χ4n) is 1.56. The summed E-state index contributed by atoms with van der Waals surface area (Å²) in [6.07, 6.45) is 0. The normalized spacial score (nSPS) is 12.1. The number of rotatable bonds is 5. The standard InChI is InChI=1S/C14H22N2O2/c1-10-6-7-13(12(8-10)11(2)15-3)18-9-14(17)16(4)5/h6-8,11,15H,9H2,1-5H3. The van der Waals surface area contributed by atoms with Gasteiger partial charge in [-0.2, -0.15) is 0 Å². The number of hydrogen-bond acceptors (Lipinski definition) is 3. The van der Waals surface area contributed by atoms with Crippen molar-refractivity contribution in [2.45, 2.75) is 19.9 Å². The molecule has 1 N–H and O–H groups in total. The summed E-state index contributed by atoms with van der Waals surface area (Å²) in [5, 5.41) is 3.18. The first-order valence-corrected chi connectivity index (χ1v) is 6.06. The van der Waals surface area contributed by atoms with E-state index < -0.39 is 0 Å². The first kappa shape index (κ1) is 14.5. The van der Waals surface area contributed by atoms with Crippen molar-refractivity contribution in [3.8, 4) is 5.75 Å². The molecule has 1 aromatic carbocycles. The van der Waals surface area contributed by atoms with Gasteiger partial charge >= 0.3 is 0 Å². The predicted octanol–water partition coefficient (Wildman–Crippen LogP) is 1.74. The van der Waals surface area contributed by atoms with E-state index in [1.54, 1.807) is 14.1 Å². The van der Waals surface area contributed by atoms with Crippen LogP contribution >= 0.6 is 0 Å². The number of aryl methyl sites for hydroxylation is 1. The van der Waals surface area contributed by atoms with E-state index in [0.29, 0.717) is 0 Å². The molecule has 4 heteroatoms. The number of likely N-dealkylation sites (N-methyl/N-ethyl adjacent to an activating group) is 1. The third kappa shape index (κ3) is 3.74. The molecule has 1 aromatic rings. The Kier molecular flexibility index (Phi) is 5.16. The van der Waals surface area contributed by atoms with E-state index in [2.05, 4.69) is 18.3 Å². The zero-order valence-corrected chi connectivity index (χ0v) is 11.8. The maximum Gasteiger partial charge on any atom is 0.259 e. The molecule has 0 aliphatic rings. The summed E-state index contributed by atoms with van der Waals surface area (Å²) in [7, 11) is 5.34. The van der Waals surface area contributed by atoms with Crippen molar-refractivity contribution in [3.05, 3.63) is 29.3 Å². The van der Waals surface area contributed by atoms with E-state index in [1.165, 1.54) is 10.5 Å². The van der Waals surface area contributed by atoms with E-state index in [1.807, 2.05) is 26.1 Å². The van der Waals surface area contributed by atoms with E-state index in [-0.39, 0.29) is 18.6 Å². The van der Waals surface area contributed by atoms with Crippen molar-refractivity contribution >= 4 is 5.91 Å². The number of ether oxygens (including phenoxy) is 1. The molecule has 0 saturated carbocycles. The topological polar surface area (TPSA) is 41.6 Å². The molecule has 0 heterocycles. The lowest BCUT2D eigenvalue weighted by atomic mass is 10.0. The van der Waals surface area contributed by atoms with Crippen LogP contribution in [0, 0.1) is 6.92 Å². The van der Waals surface area contributed by atoms with Crippen LogP contribution in [0.3, 0.4) is 0 Å². The van der Waals surface area contributed by atoms with E-state index in [9.17, 15) is 4.79 Å². The molecule has 0 fully saturated rings. The van der Waals surface area contributed by atoms with Gasteiger partial charge in [0.15, 0.2) is 6.61 Å². The largest absolute Gasteiger partial charge is 0.483 e. The first-order valence-electron chi connectivity index (χ1n) is 6.06. The van der Waals surface area contributed by atoms with Crippen LogP contribution in [0.5, 0.6) is 5.75 Å². The van der Waals surface area contributed by atoms with Gasteiger partial charge in [0.1, 0.15) is 5.75 Å². The summed E-state index contributed by atoms with van der Waals surface area (Å²) < 4.78 is 5.61. The van der Waals surface area contributed by atoms with Crippen molar-refractivity contribution in [1.82, 2.24) is 10.2 Å². The molecule has 1 atom stereocenters.